The van der Waals surface area contributed by atoms with Gasteiger partial charge in [-0.25, -0.2) is 0 Å². The molecular weight excluding hydrogens is 304 g/mol. The summed E-state index contributed by atoms with van der Waals surface area (Å²) < 4.78 is 0. The Labute approximate surface area is 152 Å². The summed E-state index contributed by atoms with van der Waals surface area (Å²) in [6.45, 7) is 7.37. The van der Waals surface area contributed by atoms with E-state index >= 15 is 0 Å². The molecule has 2 rings (SSSR count). The maximum Gasteiger partial charge on any atom is 2.00 e. The number of aromatic carboxylic acids is 2. The van der Waals surface area contributed by atoms with Crippen LogP contribution in [-0.2, 0) is 0 Å². The summed E-state index contributed by atoms with van der Waals surface area (Å²) in [6, 6.07) is 10.3. The summed E-state index contributed by atoms with van der Waals surface area (Å²) >= 11 is 0. The molecule has 0 radical (unpaired) electrons. The fraction of sp³-hybridized carbons (Fsp3) is 0.222. The summed E-state index contributed by atoms with van der Waals surface area (Å²) in [5, 5.41) is 20.8. The van der Waals surface area contributed by atoms with Crippen LogP contribution in [-0.4, -0.2) is 35.0 Å². The third-order valence-electron chi connectivity index (χ3n) is 3.20. The zero-order chi connectivity index (χ0) is 16.9. The second-order valence-corrected chi connectivity index (χ2v) is 5.21. The van der Waals surface area contributed by atoms with Crippen LogP contribution in [0, 0.1) is 27.7 Å². The van der Waals surface area contributed by atoms with E-state index in [9.17, 15) is 19.8 Å². The van der Waals surface area contributed by atoms with Gasteiger partial charge in [-0.2, -0.15) is 0 Å². The van der Waals surface area contributed by atoms with Crippen molar-refractivity contribution in [3.05, 3.63) is 69.8 Å². The van der Waals surface area contributed by atoms with Crippen molar-refractivity contribution in [1.82, 2.24) is 0 Å². The van der Waals surface area contributed by atoms with E-state index < -0.39 is 11.9 Å². The van der Waals surface area contributed by atoms with E-state index in [1.807, 2.05) is 26.0 Å². The van der Waals surface area contributed by atoms with E-state index in [0.717, 1.165) is 22.3 Å². The average molecular weight is 323 g/mol. The first-order valence-corrected chi connectivity index (χ1v) is 6.79. The minimum Gasteiger partial charge on any atom is -0.545 e. The Morgan fingerprint density at radius 1 is 0.696 bits per heavy atom. The van der Waals surface area contributed by atoms with Gasteiger partial charge in [-0.15, -0.1) is 0 Å². The molecule has 5 heteroatoms. The SMILES string of the molecule is Cc1ccc(C(=O)[O-])c(C)c1.Cc1ccc(C(=O)[O-])c(C)c1.[Mg+2]. The number of carboxylic acids is 2. The van der Waals surface area contributed by atoms with Crippen LogP contribution < -0.4 is 10.2 Å². The van der Waals surface area contributed by atoms with E-state index in [2.05, 4.69) is 0 Å². The predicted octanol–water partition coefficient (Wildman–Crippen LogP) is 0.953. The monoisotopic (exact) mass is 322 g/mol. The molecular formula is C18H18MgO4. The molecule has 2 aromatic carbocycles. The van der Waals surface area contributed by atoms with Crippen molar-refractivity contribution in [2.45, 2.75) is 27.7 Å². The second-order valence-electron chi connectivity index (χ2n) is 5.21. The van der Waals surface area contributed by atoms with Crippen molar-refractivity contribution >= 4 is 35.0 Å². The Kier molecular flexibility index (Phi) is 8.57. The Bertz CT molecular complexity index is 647. The Morgan fingerprint density at radius 3 is 1.22 bits per heavy atom. The number of hydrogen-bond donors (Lipinski definition) is 0. The molecule has 0 N–H and O–H groups in total. The van der Waals surface area contributed by atoms with Gasteiger partial charge >= 0.3 is 23.1 Å². The molecule has 0 amide bonds. The quantitative estimate of drug-likeness (QED) is 0.771. The number of aryl methyl sites for hydroxylation is 4. The number of rotatable bonds is 2. The third-order valence-corrected chi connectivity index (χ3v) is 3.20. The van der Waals surface area contributed by atoms with Crippen LogP contribution >= 0.6 is 0 Å². The van der Waals surface area contributed by atoms with E-state index in [1.54, 1.807) is 38.1 Å². The van der Waals surface area contributed by atoms with E-state index in [1.165, 1.54) is 0 Å². The molecule has 0 spiro atoms. The molecule has 0 aliphatic rings. The zero-order valence-electron chi connectivity index (χ0n) is 13.8. The molecule has 0 bridgehead atoms. The van der Waals surface area contributed by atoms with Gasteiger partial charge in [0.25, 0.3) is 0 Å². The van der Waals surface area contributed by atoms with Crippen molar-refractivity contribution in [1.29, 1.82) is 0 Å². The number of carbonyl (C=O) groups excluding carboxylic acids is 2. The van der Waals surface area contributed by atoms with Gasteiger partial charge in [-0.05, 0) is 38.8 Å². The fourth-order valence-corrected chi connectivity index (χ4v) is 2.09. The van der Waals surface area contributed by atoms with Crippen molar-refractivity contribution in [3.63, 3.8) is 0 Å². The Morgan fingerprint density at radius 2 is 1.00 bits per heavy atom. The van der Waals surface area contributed by atoms with Gasteiger partial charge in [0, 0.05) is 11.1 Å². The second kappa shape index (κ2) is 9.32. The van der Waals surface area contributed by atoms with Crippen LogP contribution in [0.15, 0.2) is 36.4 Å². The minimum absolute atomic E-state index is 0. The molecule has 23 heavy (non-hydrogen) atoms. The summed E-state index contributed by atoms with van der Waals surface area (Å²) in [6.07, 6.45) is 0. The number of carboxylic acid groups (broad SMARTS) is 2. The summed E-state index contributed by atoms with van der Waals surface area (Å²) in [5.74, 6) is -2.22. The van der Waals surface area contributed by atoms with E-state index in [0.29, 0.717) is 0 Å². The van der Waals surface area contributed by atoms with Crippen LogP contribution in [0.3, 0.4) is 0 Å². The van der Waals surface area contributed by atoms with E-state index in [4.69, 9.17) is 0 Å². The normalized spacial score (nSPS) is 9.22. The van der Waals surface area contributed by atoms with Gasteiger partial charge in [-0.1, -0.05) is 47.5 Å². The molecule has 0 fully saturated rings. The first-order chi connectivity index (χ1) is 10.2. The summed E-state index contributed by atoms with van der Waals surface area (Å²) in [7, 11) is 0. The predicted molar refractivity (Wildman–Crippen MR) is 86.2 cm³/mol. The van der Waals surface area contributed by atoms with Gasteiger partial charge in [0.05, 0.1) is 11.9 Å². The first kappa shape index (κ1) is 21.1. The fourth-order valence-electron chi connectivity index (χ4n) is 2.09. The van der Waals surface area contributed by atoms with Crippen molar-refractivity contribution in [2.24, 2.45) is 0 Å². The molecule has 0 saturated heterocycles. The Hall–Kier alpha value is -1.85. The maximum atomic E-state index is 10.4. The molecule has 0 atom stereocenters. The van der Waals surface area contributed by atoms with Crippen LogP contribution in [0.2, 0.25) is 0 Å². The summed E-state index contributed by atoms with van der Waals surface area (Å²) in [4.78, 5) is 20.8. The topological polar surface area (TPSA) is 80.3 Å². The number of carbonyl (C=O) groups is 2. The van der Waals surface area contributed by atoms with Crippen molar-refractivity contribution < 1.29 is 19.8 Å². The van der Waals surface area contributed by atoms with E-state index in [-0.39, 0.29) is 34.2 Å². The van der Waals surface area contributed by atoms with Gasteiger partial charge in [0.2, 0.25) is 0 Å². The third kappa shape index (κ3) is 6.42. The first-order valence-electron chi connectivity index (χ1n) is 6.79. The minimum atomic E-state index is -1.11. The maximum absolute atomic E-state index is 10.4. The van der Waals surface area contributed by atoms with Gasteiger partial charge < -0.3 is 19.8 Å². The Balaban J connectivity index is 0.000000403. The van der Waals surface area contributed by atoms with Crippen molar-refractivity contribution in [3.8, 4) is 0 Å². The number of hydrogen-bond acceptors (Lipinski definition) is 4. The van der Waals surface area contributed by atoms with Crippen LogP contribution in [0.4, 0.5) is 0 Å². The molecule has 0 aliphatic carbocycles. The zero-order valence-corrected chi connectivity index (χ0v) is 15.2. The molecule has 0 saturated carbocycles. The smallest absolute Gasteiger partial charge is 0.545 e. The van der Waals surface area contributed by atoms with Crippen LogP contribution in [0.1, 0.15) is 43.0 Å². The van der Waals surface area contributed by atoms with Gasteiger partial charge in [-0.3, -0.25) is 0 Å². The molecule has 4 nitrogen and oxygen atoms in total. The molecule has 0 aliphatic heterocycles. The van der Waals surface area contributed by atoms with Crippen LogP contribution in [0.25, 0.3) is 0 Å². The molecule has 0 aromatic heterocycles. The number of benzene rings is 2. The van der Waals surface area contributed by atoms with Gasteiger partial charge in [0.1, 0.15) is 0 Å². The average Bonchev–Trinajstić information content (AvgIpc) is 2.38. The van der Waals surface area contributed by atoms with Gasteiger partial charge in [0.15, 0.2) is 0 Å². The molecule has 116 valence electrons. The molecule has 0 unspecified atom stereocenters. The van der Waals surface area contributed by atoms with Crippen molar-refractivity contribution in [2.75, 3.05) is 0 Å². The standard InChI is InChI=1S/2C9H10O2.Mg/c2*1-6-3-4-8(9(10)11)7(2)5-6;/h2*3-5H,1-2H3,(H,10,11);/q;;+2/p-2. The molecule has 0 heterocycles. The largest absolute Gasteiger partial charge is 2.00 e. The molecule has 2 aromatic rings. The van der Waals surface area contributed by atoms with Crippen LogP contribution in [0.5, 0.6) is 0 Å². The summed E-state index contributed by atoms with van der Waals surface area (Å²) in [5.41, 5.74) is 4.18.